The third-order valence-corrected chi connectivity index (χ3v) is 2.89. The van der Waals surface area contributed by atoms with E-state index < -0.39 is 16.9 Å². The molecule has 2 N–H and O–H groups in total. The molecule has 1 aromatic heterocycles. The molecule has 0 saturated carbocycles. The first-order valence-corrected chi connectivity index (χ1v) is 5.19. The minimum atomic E-state index is -1.07. The molecule has 0 fully saturated rings. The SMILES string of the molecule is C=CCNC(C(=O)O)c1ccc([N+](=O)[O-])s1. The summed E-state index contributed by atoms with van der Waals surface area (Å²) in [5.41, 5.74) is 0. The van der Waals surface area contributed by atoms with Crippen molar-refractivity contribution < 1.29 is 14.8 Å². The van der Waals surface area contributed by atoms with Gasteiger partial charge in [0.05, 0.1) is 4.92 Å². The monoisotopic (exact) mass is 242 g/mol. The van der Waals surface area contributed by atoms with E-state index in [9.17, 15) is 14.9 Å². The van der Waals surface area contributed by atoms with E-state index in [0.717, 1.165) is 11.3 Å². The maximum Gasteiger partial charge on any atom is 0.326 e. The number of carboxylic acid groups (broad SMARTS) is 1. The van der Waals surface area contributed by atoms with Gasteiger partial charge in [0.25, 0.3) is 0 Å². The molecule has 7 heteroatoms. The highest BCUT2D eigenvalue weighted by Crippen LogP contribution is 2.28. The minimum Gasteiger partial charge on any atom is -0.480 e. The van der Waals surface area contributed by atoms with Gasteiger partial charge < -0.3 is 5.11 Å². The standard InChI is InChI=1S/C9H10N2O4S/c1-2-5-10-8(9(12)13)6-3-4-7(16-6)11(14)15/h2-4,8,10H,1,5H2,(H,12,13). The Bertz CT molecular complexity index is 415. The minimum absolute atomic E-state index is 0.0679. The van der Waals surface area contributed by atoms with Crippen LogP contribution in [0.15, 0.2) is 24.8 Å². The Kier molecular flexibility index (Phi) is 4.15. The van der Waals surface area contributed by atoms with E-state index in [2.05, 4.69) is 11.9 Å². The van der Waals surface area contributed by atoms with E-state index in [1.165, 1.54) is 18.2 Å². The summed E-state index contributed by atoms with van der Waals surface area (Å²) >= 11 is 0.851. The molecule has 86 valence electrons. The van der Waals surface area contributed by atoms with Crippen LogP contribution in [0.1, 0.15) is 10.9 Å². The molecule has 0 aromatic carbocycles. The number of hydrogen-bond donors (Lipinski definition) is 2. The molecule has 0 aliphatic heterocycles. The summed E-state index contributed by atoms with van der Waals surface area (Å²) in [5.74, 6) is -1.07. The Labute approximate surface area is 95.4 Å². The number of carbonyl (C=O) groups is 1. The summed E-state index contributed by atoms with van der Waals surface area (Å²) in [6, 6.07) is 1.81. The van der Waals surface area contributed by atoms with Gasteiger partial charge in [0, 0.05) is 17.5 Å². The van der Waals surface area contributed by atoms with E-state index in [1.807, 2.05) is 0 Å². The molecule has 0 radical (unpaired) electrons. The zero-order valence-corrected chi connectivity index (χ0v) is 9.07. The van der Waals surface area contributed by atoms with Crippen molar-refractivity contribution in [3.8, 4) is 0 Å². The van der Waals surface area contributed by atoms with E-state index in [0.29, 0.717) is 11.4 Å². The summed E-state index contributed by atoms with van der Waals surface area (Å²) in [6.45, 7) is 3.78. The maximum absolute atomic E-state index is 10.9. The summed E-state index contributed by atoms with van der Waals surface area (Å²) in [6.07, 6.45) is 1.53. The molecule has 16 heavy (non-hydrogen) atoms. The first-order valence-electron chi connectivity index (χ1n) is 4.37. The summed E-state index contributed by atoms with van der Waals surface area (Å²) in [7, 11) is 0. The molecular formula is C9H10N2O4S. The van der Waals surface area contributed by atoms with Gasteiger partial charge in [0.2, 0.25) is 0 Å². The van der Waals surface area contributed by atoms with Crippen molar-refractivity contribution in [1.82, 2.24) is 5.32 Å². The van der Waals surface area contributed by atoms with Crippen LogP contribution in [0.3, 0.4) is 0 Å². The number of aliphatic carboxylic acids is 1. The van der Waals surface area contributed by atoms with Gasteiger partial charge in [-0.05, 0) is 6.07 Å². The first-order chi connectivity index (χ1) is 7.56. The fourth-order valence-electron chi connectivity index (χ4n) is 1.11. The predicted octanol–water partition coefficient (Wildman–Crippen LogP) is 1.56. The molecule has 0 amide bonds. The van der Waals surface area contributed by atoms with Gasteiger partial charge in [-0.25, -0.2) is 0 Å². The largest absolute Gasteiger partial charge is 0.480 e. The van der Waals surface area contributed by atoms with E-state index in [1.54, 1.807) is 0 Å². The summed E-state index contributed by atoms with van der Waals surface area (Å²) < 4.78 is 0. The van der Waals surface area contributed by atoms with Crippen molar-refractivity contribution in [3.63, 3.8) is 0 Å². The Morgan fingerprint density at radius 3 is 2.88 bits per heavy atom. The van der Waals surface area contributed by atoms with Gasteiger partial charge in [-0.3, -0.25) is 20.2 Å². The van der Waals surface area contributed by atoms with E-state index in [-0.39, 0.29) is 5.00 Å². The van der Waals surface area contributed by atoms with Gasteiger partial charge in [-0.15, -0.1) is 6.58 Å². The predicted molar refractivity (Wildman–Crippen MR) is 59.5 cm³/mol. The molecule has 0 spiro atoms. The lowest BCUT2D eigenvalue weighted by Gasteiger charge is -2.10. The molecule has 6 nitrogen and oxygen atoms in total. The molecule has 1 unspecified atom stereocenters. The Balaban J connectivity index is 2.88. The van der Waals surface area contributed by atoms with Crippen LogP contribution in [0, 0.1) is 10.1 Å². The number of nitrogens with one attached hydrogen (secondary N) is 1. The molecule has 0 aliphatic carbocycles. The third kappa shape index (κ3) is 2.88. The molecule has 1 aromatic rings. The smallest absolute Gasteiger partial charge is 0.326 e. The molecule has 1 heterocycles. The number of nitrogens with zero attached hydrogens (tertiary/aromatic N) is 1. The van der Waals surface area contributed by atoms with Crippen molar-refractivity contribution in [3.05, 3.63) is 39.8 Å². The summed E-state index contributed by atoms with van der Waals surface area (Å²) in [5, 5.41) is 22.0. The zero-order valence-electron chi connectivity index (χ0n) is 8.25. The second-order valence-electron chi connectivity index (χ2n) is 2.90. The lowest BCUT2D eigenvalue weighted by molar-refractivity contribution is -0.380. The number of carboxylic acids is 1. The number of nitro groups is 1. The Morgan fingerprint density at radius 2 is 2.44 bits per heavy atom. The quantitative estimate of drug-likeness (QED) is 0.448. The molecule has 1 rings (SSSR count). The molecule has 0 aliphatic rings. The van der Waals surface area contributed by atoms with Crippen molar-refractivity contribution in [2.75, 3.05) is 6.54 Å². The average Bonchev–Trinajstić information content (AvgIpc) is 2.67. The number of rotatable bonds is 6. The van der Waals surface area contributed by atoms with Gasteiger partial charge in [-0.1, -0.05) is 17.4 Å². The van der Waals surface area contributed by atoms with Gasteiger partial charge in [-0.2, -0.15) is 0 Å². The number of hydrogen-bond acceptors (Lipinski definition) is 5. The molecule has 0 bridgehead atoms. The van der Waals surface area contributed by atoms with Gasteiger partial charge in [0.15, 0.2) is 0 Å². The first kappa shape index (κ1) is 12.3. The summed E-state index contributed by atoms with van der Waals surface area (Å²) in [4.78, 5) is 21.2. The lowest BCUT2D eigenvalue weighted by atomic mass is 10.2. The van der Waals surface area contributed by atoms with Crippen LogP contribution >= 0.6 is 11.3 Å². The molecular weight excluding hydrogens is 232 g/mol. The fourth-order valence-corrected chi connectivity index (χ4v) is 2.00. The van der Waals surface area contributed by atoms with Gasteiger partial charge in [0.1, 0.15) is 6.04 Å². The van der Waals surface area contributed by atoms with Crippen LogP contribution in [0.5, 0.6) is 0 Å². The van der Waals surface area contributed by atoms with Crippen molar-refractivity contribution >= 4 is 22.3 Å². The van der Waals surface area contributed by atoms with Crippen LogP contribution in [0.25, 0.3) is 0 Å². The van der Waals surface area contributed by atoms with Crippen molar-refractivity contribution in [1.29, 1.82) is 0 Å². The number of thiophene rings is 1. The topological polar surface area (TPSA) is 92.5 Å². The van der Waals surface area contributed by atoms with E-state index in [4.69, 9.17) is 5.11 Å². The maximum atomic E-state index is 10.9. The van der Waals surface area contributed by atoms with Crippen molar-refractivity contribution in [2.45, 2.75) is 6.04 Å². The van der Waals surface area contributed by atoms with E-state index >= 15 is 0 Å². The average molecular weight is 242 g/mol. The highest BCUT2D eigenvalue weighted by atomic mass is 32.1. The Hall–Kier alpha value is -1.73. The molecule has 1 atom stereocenters. The zero-order chi connectivity index (χ0) is 12.1. The lowest BCUT2D eigenvalue weighted by Crippen LogP contribution is -2.27. The fraction of sp³-hybridized carbons (Fsp3) is 0.222. The Morgan fingerprint density at radius 1 is 1.75 bits per heavy atom. The van der Waals surface area contributed by atoms with Crippen LogP contribution in [-0.4, -0.2) is 22.5 Å². The van der Waals surface area contributed by atoms with Crippen LogP contribution < -0.4 is 5.32 Å². The highest BCUT2D eigenvalue weighted by Gasteiger charge is 2.23. The normalized spacial score (nSPS) is 12.0. The van der Waals surface area contributed by atoms with Gasteiger partial charge >= 0.3 is 11.0 Å². The van der Waals surface area contributed by atoms with Crippen molar-refractivity contribution in [2.24, 2.45) is 0 Å². The molecule has 0 saturated heterocycles. The second kappa shape index (κ2) is 5.38. The van der Waals surface area contributed by atoms with Crippen LogP contribution in [-0.2, 0) is 4.79 Å². The third-order valence-electron chi connectivity index (χ3n) is 1.79. The second-order valence-corrected chi connectivity index (χ2v) is 4.00. The highest BCUT2D eigenvalue weighted by molar-refractivity contribution is 7.15. The van der Waals surface area contributed by atoms with Crippen LogP contribution in [0.4, 0.5) is 5.00 Å². The van der Waals surface area contributed by atoms with Crippen LogP contribution in [0.2, 0.25) is 0 Å².